The Morgan fingerprint density at radius 2 is 1.65 bits per heavy atom. The van der Waals surface area contributed by atoms with Crippen LogP contribution < -0.4 is 16.0 Å². The molecule has 10 nitrogen and oxygen atoms in total. The molecule has 0 aliphatic rings. The van der Waals surface area contributed by atoms with Crippen molar-refractivity contribution in [1.29, 1.82) is 0 Å². The number of benzene rings is 4. The summed E-state index contributed by atoms with van der Waals surface area (Å²) in [6, 6.07) is 29.6. The Balaban J connectivity index is 1.19. The number of carbonyl (C=O) groups is 3. The molecule has 3 N–H and O–H groups in total. The molecule has 4 aromatic carbocycles. The van der Waals surface area contributed by atoms with Crippen LogP contribution in [-0.4, -0.2) is 33.4 Å². The summed E-state index contributed by atoms with van der Waals surface area (Å²) in [7, 11) is 0. The van der Waals surface area contributed by atoms with E-state index in [1.807, 2.05) is 30.3 Å². The topological polar surface area (TPSA) is 143 Å². The second-order valence-electron chi connectivity index (χ2n) is 10.9. The van der Waals surface area contributed by atoms with Gasteiger partial charge in [-0.15, -0.1) is 23.1 Å². The summed E-state index contributed by atoms with van der Waals surface area (Å²) < 4.78 is 0. The number of hydrogen-bond acceptors (Lipinski definition) is 8. The van der Waals surface area contributed by atoms with Crippen LogP contribution in [0.2, 0.25) is 0 Å². The smallest absolute Gasteiger partial charge is 0.272 e. The van der Waals surface area contributed by atoms with Crippen molar-refractivity contribution < 1.29 is 19.3 Å². The zero-order chi connectivity index (χ0) is 34.0. The number of aromatic nitrogens is 1. The van der Waals surface area contributed by atoms with E-state index in [1.54, 1.807) is 72.1 Å². The van der Waals surface area contributed by atoms with Gasteiger partial charge in [0.2, 0.25) is 5.91 Å². The van der Waals surface area contributed by atoms with E-state index in [-0.39, 0.29) is 23.0 Å². The molecule has 48 heavy (non-hydrogen) atoms. The molecule has 242 valence electrons. The molecule has 0 aliphatic heterocycles. The average molecular weight is 678 g/mol. The monoisotopic (exact) mass is 677 g/mol. The van der Waals surface area contributed by atoms with Crippen molar-refractivity contribution in [2.45, 2.75) is 24.7 Å². The number of non-ortho nitro benzene ring substituents is 1. The Morgan fingerprint density at radius 3 is 2.33 bits per heavy atom. The summed E-state index contributed by atoms with van der Waals surface area (Å²) in [6.07, 6.45) is 1.64. The lowest BCUT2D eigenvalue weighted by Gasteiger charge is -2.12. The molecule has 0 spiro atoms. The molecule has 0 bridgehead atoms. The van der Waals surface area contributed by atoms with E-state index in [0.717, 1.165) is 16.0 Å². The van der Waals surface area contributed by atoms with Crippen LogP contribution >= 0.6 is 23.1 Å². The fourth-order valence-corrected chi connectivity index (χ4v) is 5.90. The lowest BCUT2D eigenvalue weighted by atomic mass is 10.0. The highest BCUT2D eigenvalue weighted by Gasteiger charge is 2.16. The minimum atomic E-state index is -0.486. The highest BCUT2D eigenvalue weighted by molar-refractivity contribution is 8.00. The van der Waals surface area contributed by atoms with Gasteiger partial charge in [-0.25, -0.2) is 4.98 Å². The van der Waals surface area contributed by atoms with Gasteiger partial charge < -0.3 is 16.0 Å². The van der Waals surface area contributed by atoms with E-state index >= 15 is 0 Å². The standard InChI is InChI=1S/C36H31N5O5S2/c1-23(2)25-13-11-24(12-14-25)19-31(38-34(43)26-7-4-3-5-8-26)35(44)37-28-15-17-30(18-16-28)47-22-33(42)40-36-39-32(21-48-36)27-9-6-10-29(20-27)41(45)46/h3-21,23H,22H2,1-2H3,(H,37,44)(H,38,43)(H,39,40,42)/b31-19-. The van der Waals surface area contributed by atoms with Crippen molar-refractivity contribution in [3.63, 3.8) is 0 Å². The fraction of sp³-hybridized carbons (Fsp3) is 0.111. The van der Waals surface area contributed by atoms with E-state index in [4.69, 9.17) is 0 Å². The van der Waals surface area contributed by atoms with Crippen molar-refractivity contribution in [2.75, 3.05) is 16.4 Å². The van der Waals surface area contributed by atoms with Crippen LogP contribution in [0.15, 0.2) is 119 Å². The SMILES string of the molecule is CC(C)c1ccc(/C=C(\NC(=O)c2ccccc2)C(=O)Nc2ccc(SCC(=O)Nc3nc(-c4cccc([N+](=O)[O-])c4)cs3)cc2)cc1. The number of anilines is 2. The summed E-state index contributed by atoms with van der Waals surface area (Å²) in [5.41, 5.74) is 4.04. The average Bonchev–Trinajstić information content (AvgIpc) is 3.56. The number of hydrogen-bond donors (Lipinski definition) is 3. The van der Waals surface area contributed by atoms with Gasteiger partial charge in [0.15, 0.2) is 5.13 Å². The van der Waals surface area contributed by atoms with Crippen molar-refractivity contribution in [3.05, 3.63) is 141 Å². The van der Waals surface area contributed by atoms with E-state index in [1.165, 1.54) is 35.2 Å². The fourth-order valence-electron chi connectivity index (χ4n) is 4.47. The molecule has 0 saturated heterocycles. The van der Waals surface area contributed by atoms with Gasteiger partial charge in [0.05, 0.1) is 16.4 Å². The third-order valence-electron chi connectivity index (χ3n) is 7.03. The zero-order valence-corrected chi connectivity index (χ0v) is 27.6. The van der Waals surface area contributed by atoms with Gasteiger partial charge in [-0.2, -0.15) is 0 Å². The molecular weight excluding hydrogens is 647 g/mol. The van der Waals surface area contributed by atoms with Gasteiger partial charge >= 0.3 is 0 Å². The molecular formula is C36H31N5O5S2. The van der Waals surface area contributed by atoms with E-state index in [9.17, 15) is 24.5 Å². The summed E-state index contributed by atoms with van der Waals surface area (Å²) >= 11 is 2.54. The Morgan fingerprint density at radius 1 is 0.917 bits per heavy atom. The molecule has 3 amide bonds. The Kier molecular flexibility index (Phi) is 11.1. The lowest BCUT2D eigenvalue weighted by Crippen LogP contribution is -2.30. The van der Waals surface area contributed by atoms with Crippen LogP contribution in [0.3, 0.4) is 0 Å². The Labute approximate surface area is 285 Å². The second-order valence-corrected chi connectivity index (χ2v) is 12.8. The maximum absolute atomic E-state index is 13.4. The highest BCUT2D eigenvalue weighted by atomic mass is 32.2. The number of nitrogens with one attached hydrogen (secondary N) is 3. The molecule has 0 fully saturated rings. The number of thiazole rings is 1. The van der Waals surface area contributed by atoms with Crippen LogP contribution in [0, 0.1) is 10.1 Å². The number of thioether (sulfide) groups is 1. The molecule has 5 rings (SSSR count). The van der Waals surface area contributed by atoms with Gasteiger partial charge in [-0.1, -0.05) is 68.4 Å². The minimum Gasteiger partial charge on any atom is -0.321 e. The lowest BCUT2D eigenvalue weighted by molar-refractivity contribution is -0.384. The van der Waals surface area contributed by atoms with Gasteiger partial charge in [-0.05, 0) is 59.5 Å². The van der Waals surface area contributed by atoms with Gasteiger partial charge in [0.1, 0.15) is 5.70 Å². The number of nitrogens with zero attached hydrogens (tertiary/aromatic N) is 2. The van der Waals surface area contributed by atoms with Crippen LogP contribution in [0.1, 0.15) is 41.3 Å². The minimum absolute atomic E-state index is 0.0350. The first-order chi connectivity index (χ1) is 23.1. The van der Waals surface area contributed by atoms with Crippen LogP contribution in [-0.2, 0) is 9.59 Å². The predicted octanol–water partition coefficient (Wildman–Crippen LogP) is 7.98. The molecule has 0 radical (unpaired) electrons. The van der Waals surface area contributed by atoms with Gasteiger partial charge in [0.25, 0.3) is 17.5 Å². The molecule has 0 atom stereocenters. The van der Waals surface area contributed by atoms with Crippen LogP contribution in [0.4, 0.5) is 16.5 Å². The quantitative estimate of drug-likeness (QED) is 0.0526. The van der Waals surface area contributed by atoms with Crippen molar-refractivity contribution in [3.8, 4) is 11.3 Å². The summed E-state index contributed by atoms with van der Waals surface area (Å²) in [4.78, 5) is 54.7. The van der Waals surface area contributed by atoms with Gasteiger partial charge in [0, 0.05) is 39.2 Å². The first-order valence-electron chi connectivity index (χ1n) is 14.9. The third kappa shape index (κ3) is 9.24. The normalized spacial score (nSPS) is 11.2. The molecule has 12 heteroatoms. The molecule has 0 unspecified atom stereocenters. The molecule has 1 heterocycles. The maximum Gasteiger partial charge on any atom is 0.272 e. The van der Waals surface area contributed by atoms with E-state index in [0.29, 0.717) is 33.6 Å². The van der Waals surface area contributed by atoms with E-state index < -0.39 is 16.7 Å². The number of nitro benzene ring substituents is 1. The first-order valence-corrected chi connectivity index (χ1v) is 16.7. The van der Waals surface area contributed by atoms with Crippen molar-refractivity contribution in [2.24, 2.45) is 0 Å². The number of carbonyl (C=O) groups excluding carboxylic acids is 3. The Bertz CT molecular complexity index is 1960. The summed E-state index contributed by atoms with van der Waals surface area (Å²) in [5, 5.41) is 21.5. The number of nitro groups is 1. The second kappa shape index (κ2) is 15.8. The Hall–Kier alpha value is -5.59. The zero-order valence-electron chi connectivity index (χ0n) is 26.0. The van der Waals surface area contributed by atoms with Crippen LogP contribution in [0.5, 0.6) is 0 Å². The molecule has 0 aliphatic carbocycles. The third-order valence-corrected chi connectivity index (χ3v) is 8.80. The highest BCUT2D eigenvalue weighted by Crippen LogP contribution is 2.28. The summed E-state index contributed by atoms with van der Waals surface area (Å²) in [6.45, 7) is 4.21. The van der Waals surface area contributed by atoms with Crippen molar-refractivity contribution >= 4 is 63.4 Å². The largest absolute Gasteiger partial charge is 0.321 e. The molecule has 5 aromatic rings. The predicted molar refractivity (Wildman–Crippen MR) is 191 cm³/mol. The van der Waals surface area contributed by atoms with E-state index in [2.05, 4.69) is 34.8 Å². The van der Waals surface area contributed by atoms with Crippen LogP contribution in [0.25, 0.3) is 17.3 Å². The first kappa shape index (κ1) is 33.8. The number of amides is 3. The molecule has 0 saturated carbocycles. The molecule has 1 aromatic heterocycles. The summed E-state index contributed by atoms with van der Waals surface area (Å²) in [5.74, 6) is -0.674. The van der Waals surface area contributed by atoms with Crippen molar-refractivity contribution in [1.82, 2.24) is 10.3 Å². The number of rotatable bonds is 12. The van der Waals surface area contributed by atoms with Gasteiger partial charge in [-0.3, -0.25) is 24.5 Å². The maximum atomic E-state index is 13.4.